The summed E-state index contributed by atoms with van der Waals surface area (Å²) in [5, 5.41) is 12.0. The summed E-state index contributed by atoms with van der Waals surface area (Å²) in [4.78, 5) is 0. The Morgan fingerprint density at radius 1 is 1.33 bits per heavy atom. The van der Waals surface area contributed by atoms with E-state index in [1.807, 2.05) is 25.2 Å². The molecule has 2 rings (SSSR count). The summed E-state index contributed by atoms with van der Waals surface area (Å²) in [6, 6.07) is 12.2. The molecule has 0 amide bonds. The van der Waals surface area contributed by atoms with Crippen molar-refractivity contribution in [3.63, 3.8) is 0 Å². The molecule has 1 N–H and O–H groups in total. The van der Waals surface area contributed by atoms with Crippen molar-refractivity contribution in [2.24, 2.45) is 0 Å². The minimum absolute atomic E-state index is 0.721. The van der Waals surface area contributed by atoms with Crippen LogP contribution in [0.5, 0.6) is 0 Å². The van der Waals surface area contributed by atoms with Gasteiger partial charge in [0.25, 0.3) is 0 Å². The molecule has 0 aliphatic rings. The molecule has 0 aliphatic carbocycles. The number of nitrogens with zero attached hydrogens (tertiary/aromatic N) is 2. The Labute approximate surface area is 108 Å². The van der Waals surface area contributed by atoms with Crippen LogP contribution >= 0.6 is 0 Å². The summed E-state index contributed by atoms with van der Waals surface area (Å²) < 4.78 is 2.23. The van der Waals surface area contributed by atoms with E-state index in [1.54, 1.807) is 0 Å². The first-order chi connectivity index (χ1) is 8.74. The van der Waals surface area contributed by atoms with E-state index < -0.39 is 0 Å². The van der Waals surface area contributed by atoms with E-state index in [0.717, 1.165) is 24.2 Å². The fourth-order valence-electron chi connectivity index (χ4n) is 2.07. The molecule has 0 bridgehead atoms. The van der Waals surface area contributed by atoms with Crippen LogP contribution in [0.1, 0.15) is 22.4 Å². The largest absolute Gasteiger partial charge is 0.346 e. The molecule has 1 heterocycles. The average molecular weight is 239 g/mol. The first-order valence-corrected chi connectivity index (χ1v) is 6.03. The maximum atomic E-state index is 8.86. The Morgan fingerprint density at radius 2 is 2.17 bits per heavy atom. The van der Waals surface area contributed by atoms with Gasteiger partial charge in [0.15, 0.2) is 0 Å². The first kappa shape index (κ1) is 12.4. The fourth-order valence-corrected chi connectivity index (χ4v) is 2.07. The van der Waals surface area contributed by atoms with Crippen LogP contribution in [0.2, 0.25) is 0 Å². The molecule has 0 saturated carbocycles. The number of nitriles is 1. The molecule has 1 aromatic heterocycles. The van der Waals surface area contributed by atoms with Gasteiger partial charge in [-0.05, 0) is 49.4 Å². The van der Waals surface area contributed by atoms with Gasteiger partial charge in [0.1, 0.15) is 0 Å². The normalized spacial score (nSPS) is 10.3. The molecular weight excluding hydrogens is 222 g/mol. The van der Waals surface area contributed by atoms with E-state index in [-0.39, 0.29) is 0 Å². The molecule has 0 radical (unpaired) electrons. The van der Waals surface area contributed by atoms with Crippen molar-refractivity contribution in [3.05, 3.63) is 58.9 Å². The molecule has 92 valence electrons. The predicted molar refractivity (Wildman–Crippen MR) is 72.2 cm³/mol. The molecule has 2 aromatic rings. The Balaban J connectivity index is 2.23. The third kappa shape index (κ3) is 2.61. The van der Waals surface area contributed by atoms with E-state index in [1.165, 1.54) is 11.3 Å². The highest BCUT2D eigenvalue weighted by Crippen LogP contribution is 2.14. The van der Waals surface area contributed by atoms with Crippen molar-refractivity contribution in [3.8, 4) is 6.07 Å². The van der Waals surface area contributed by atoms with E-state index in [4.69, 9.17) is 5.26 Å². The van der Waals surface area contributed by atoms with Crippen molar-refractivity contribution in [2.75, 3.05) is 7.05 Å². The standard InChI is InChI=1S/C15H17N3/c1-12-8-13(9-16)5-6-14(12)11-18-7-3-4-15(18)10-17-2/h3-8,17H,10-11H2,1-2H3. The predicted octanol–water partition coefficient (Wildman–Crippen LogP) is 2.44. The van der Waals surface area contributed by atoms with Crippen molar-refractivity contribution in [1.82, 2.24) is 9.88 Å². The summed E-state index contributed by atoms with van der Waals surface area (Å²) >= 11 is 0. The summed E-state index contributed by atoms with van der Waals surface area (Å²) in [5.74, 6) is 0. The Kier molecular flexibility index (Phi) is 3.81. The smallest absolute Gasteiger partial charge is 0.0991 e. The zero-order chi connectivity index (χ0) is 13.0. The molecule has 18 heavy (non-hydrogen) atoms. The number of hydrogen-bond donors (Lipinski definition) is 1. The number of hydrogen-bond acceptors (Lipinski definition) is 2. The molecule has 1 aromatic carbocycles. The molecule has 0 unspecified atom stereocenters. The Morgan fingerprint density at radius 3 is 2.83 bits per heavy atom. The first-order valence-electron chi connectivity index (χ1n) is 6.03. The molecule has 0 spiro atoms. The molecule has 0 fully saturated rings. The molecule has 3 nitrogen and oxygen atoms in total. The third-order valence-electron chi connectivity index (χ3n) is 3.09. The summed E-state index contributed by atoms with van der Waals surface area (Å²) in [5.41, 5.74) is 4.40. The van der Waals surface area contributed by atoms with Crippen LogP contribution in [-0.2, 0) is 13.1 Å². The number of aromatic nitrogens is 1. The van der Waals surface area contributed by atoms with Gasteiger partial charge in [0.2, 0.25) is 0 Å². The van der Waals surface area contributed by atoms with E-state index in [2.05, 4.69) is 41.2 Å². The zero-order valence-electron chi connectivity index (χ0n) is 10.8. The highest BCUT2D eigenvalue weighted by atomic mass is 15.0. The molecule has 0 atom stereocenters. The van der Waals surface area contributed by atoms with Crippen LogP contribution < -0.4 is 5.32 Å². The summed E-state index contributed by atoms with van der Waals surface area (Å²) in [6.45, 7) is 3.77. The van der Waals surface area contributed by atoms with E-state index >= 15 is 0 Å². The van der Waals surface area contributed by atoms with E-state index in [0.29, 0.717) is 0 Å². The van der Waals surface area contributed by atoms with Gasteiger partial charge in [-0.25, -0.2) is 0 Å². The lowest BCUT2D eigenvalue weighted by Gasteiger charge is -2.11. The van der Waals surface area contributed by atoms with Crippen LogP contribution in [-0.4, -0.2) is 11.6 Å². The van der Waals surface area contributed by atoms with Crippen molar-refractivity contribution in [2.45, 2.75) is 20.0 Å². The quantitative estimate of drug-likeness (QED) is 0.890. The lowest BCUT2D eigenvalue weighted by molar-refractivity contribution is 0.692. The lowest BCUT2D eigenvalue weighted by Crippen LogP contribution is -2.11. The molecule has 0 aliphatic heterocycles. The molecular formula is C15H17N3. The third-order valence-corrected chi connectivity index (χ3v) is 3.09. The van der Waals surface area contributed by atoms with Crippen molar-refractivity contribution >= 4 is 0 Å². The van der Waals surface area contributed by atoms with E-state index in [9.17, 15) is 0 Å². The monoisotopic (exact) mass is 239 g/mol. The van der Waals surface area contributed by atoms with Gasteiger partial charge < -0.3 is 9.88 Å². The SMILES string of the molecule is CNCc1cccn1Cc1ccc(C#N)cc1C. The lowest BCUT2D eigenvalue weighted by atomic mass is 10.1. The van der Waals surface area contributed by atoms with Crippen LogP contribution in [0, 0.1) is 18.3 Å². The Bertz CT molecular complexity index is 576. The average Bonchev–Trinajstić information content (AvgIpc) is 2.80. The van der Waals surface area contributed by atoms with Crippen molar-refractivity contribution in [1.29, 1.82) is 5.26 Å². The maximum Gasteiger partial charge on any atom is 0.0991 e. The second-order valence-electron chi connectivity index (χ2n) is 4.41. The van der Waals surface area contributed by atoms with Gasteiger partial charge in [-0.3, -0.25) is 0 Å². The number of benzene rings is 1. The van der Waals surface area contributed by atoms with Gasteiger partial charge in [0, 0.05) is 25.0 Å². The van der Waals surface area contributed by atoms with Crippen molar-refractivity contribution < 1.29 is 0 Å². The summed E-state index contributed by atoms with van der Waals surface area (Å²) in [6.07, 6.45) is 2.09. The summed E-state index contributed by atoms with van der Waals surface area (Å²) in [7, 11) is 1.95. The Hall–Kier alpha value is -2.05. The highest BCUT2D eigenvalue weighted by molar-refractivity contribution is 5.37. The number of aryl methyl sites for hydroxylation is 1. The van der Waals surface area contributed by atoms with Crippen LogP contribution in [0.3, 0.4) is 0 Å². The number of nitrogens with one attached hydrogen (secondary N) is 1. The maximum absolute atomic E-state index is 8.86. The zero-order valence-corrected chi connectivity index (χ0v) is 10.8. The van der Waals surface area contributed by atoms with Gasteiger partial charge in [-0.2, -0.15) is 5.26 Å². The van der Waals surface area contributed by atoms with Crippen LogP contribution in [0.15, 0.2) is 36.5 Å². The molecule has 3 heteroatoms. The highest BCUT2D eigenvalue weighted by Gasteiger charge is 2.04. The van der Waals surface area contributed by atoms with Gasteiger partial charge in [-0.15, -0.1) is 0 Å². The minimum atomic E-state index is 0.721. The van der Waals surface area contributed by atoms with Crippen LogP contribution in [0.25, 0.3) is 0 Å². The second-order valence-corrected chi connectivity index (χ2v) is 4.41. The topological polar surface area (TPSA) is 40.8 Å². The fraction of sp³-hybridized carbons (Fsp3) is 0.267. The van der Waals surface area contributed by atoms with Gasteiger partial charge in [-0.1, -0.05) is 6.07 Å². The number of rotatable bonds is 4. The molecule has 0 saturated heterocycles. The van der Waals surface area contributed by atoms with Gasteiger partial charge >= 0.3 is 0 Å². The van der Waals surface area contributed by atoms with Crippen LogP contribution in [0.4, 0.5) is 0 Å². The van der Waals surface area contributed by atoms with Gasteiger partial charge in [0.05, 0.1) is 11.6 Å². The minimum Gasteiger partial charge on any atom is -0.346 e. The second kappa shape index (κ2) is 5.52.